The molecular formula is C11H13ClO5. The van der Waals surface area contributed by atoms with Crippen molar-refractivity contribution in [2.75, 3.05) is 13.7 Å². The van der Waals surface area contributed by atoms with Gasteiger partial charge in [-0.15, -0.1) is 0 Å². The van der Waals surface area contributed by atoms with Crippen molar-refractivity contribution in [1.29, 1.82) is 0 Å². The number of carboxylic acids is 1. The van der Waals surface area contributed by atoms with E-state index in [0.717, 1.165) is 0 Å². The zero-order valence-electron chi connectivity index (χ0n) is 9.44. The molecule has 0 spiro atoms. The van der Waals surface area contributed by atoms with Gasteiger partial charge in [-0.3, -0.25) is 0 Å². The largest absolute Gasteiger partial charge is 0.493 e. The molecule has 0 saturated carbocycles. The fourth-order valence-corrected chi connectivity index (χ4v) is 1.45. The summed E-state index contributed by atoms with van der Waals surface area (Å²) in [6, 6.07) is 2.58. The molecule has 2 N–H and O–H groups in total. The molecule has 0 aromatic heterocycles. The second-order valence-corrected chi connectivity index (χ2v) is 3.86. The number of methoxy groups -OCH3 is 1. The second kappa shape index (κ2) is 5.75. The predicted molar refractivity (Wildman–Crippen MR) is 62.1 cm³/mol. The minimum atomic E-state index is -1.10. The van der Waals surface area contributed by atoms with Crippen molar-refractivity contribution in [3.63, 3.8) is 0 Å². The van der Waals surface area contributed by atoms with Crippen molar-refractivity contribution in [1.82, 2.24) is 0 Å². The van der Waals surface area contributed by atoms with Crippen LogP contribution in [0.2, 0.25) is 5.02 Å². The number of benzene rings is 1. The molecule has 0 bridgehead atoms. The van der Waals surface area contributed by atoms with Crippen molar-refractivity contribution in [2.24, 2.45) is 0 Å². The van der Waals surface area contributed by atoms with E-state index in [0.29, 0.717) is 0 Å². The average molecular weight is 261 g/mol. The topological polar surface area (TPSA) is 76.0 Å². The third kappa shape index (κ3) is 3.51. The number of hydrogen-bond acceptors (Lipinski definition) is 4. The lowest BCUT2D eigenvalue weighted by Crippen LogP contribution is -2.13. The lowest BCUT2D eigenvalue weighted by molar-refractivity contribution is 0.0696. The lowest BCUT2D eigenvalue weighted by atomic mass is 10.2. The molecule has 94 valence electrons. The Bertz CT molecular complexity index is 417. The lowest BCUT2D eigenvalue weighted by Gasteiger charge is -2.14. The number of ether oxygens (including phenoxy) is 2. The Balaban J connectivity index is 3.07. The fraction of sp³-hybridized carbons (Fsp3) is 0.364. The summed E-state index contributed by atoms with van der Waals surface area (Å²) in [5.41, 5.74) is 0.0104. The SMILES string of the molecule is COc1cc(C(=O)O)cc(Cl)c1OCC(C)O. The van der Waals surface area contributed by atoms with Gasteiger partial charge in [0.2, 0.25) is 0 Å². The minimum Gasteiger partial charge on any atom is -0.493 e. The van der Waals surface area contributed by atoms with E-state index in [4.69, 9.17) is 31.3 Å². The summed E-state index contributed by atoms with van der Waals surface area (Å²) in [5.74, 6) is -0.664. The van der Waals surface area contributed by atoms with Gasteiger partial charge in [0.1, 0.15) is 6.61 Å². The standard InChI is InChI=1S/C11H13ClO5/c1-6(13)5-17-10-8(12)3-7(11(14)15)4-9(10)16-2/h3-4,6,13H,5H2,1-2H3,(H,14,15). The summed E-state index contributed by atoms with van der Waals surface area (Å²) < 4.78 is 10.2. The molecule has 0 heterocycles. The van der Waals surface area contributed by atoms with Gasteiger partial charge >= 0.3 is 5.97 Å². The van der Waals surface area contributed by atoms with E-state index in [9.17, 15) is 4.79 Å². The smallest absolute Gasteiger partial charge is 0.335 e. The van der Waals surface area contributed by atoms with Crippen molar-refractivity contribution < 1.29 is 24.5 Å². The molecule has 0 aliphatic heterocycles. The molecule has 5 nitrogen and oxygen atoms in total. The van der Waals surface area contributed by atoms with Crippen LogP contribution < -0.4 is 9.47 Å². The molecule has 0 radical (unpaired) electrons. The van der Waals surface area contributed by atoms with Crippen LogP contribution in [0.15, 0.2) is 12.1 Å². The summed E-state index contributed by atoms with van der Waals surface area (Å²) in [4.78, 5) is 10.8. The molecule has 1 rings (SSSR count). The van der Waals surface area contributed by atoms with Crippen LogP contribution in [-0.4, -0.2) is 36.0 Å². The molecule has 6 heteroatoms. The third-order valence-corrected chi connectivity index (χ3v) is 2.23. The number of aliphatic hydroxyl groups is 1. The van der Waals surface area contributed by atoms with Crippen molar-refractivity contribution >= 4 is 17.6 Å². The first-order chi connectivity index (χ1) is 7.95. The van der Waals surface area contributed by atoms with Crippen LogP contribution in [0.25, 0.3) is 0 Å². The van der Waals surface area contributed by atoms with E-state index >= 15 is 0 Å². The Labute approximate surface area is 104 Å². The van der Waals surface area contributed by atoms with Gasteiger partial charge in [0, 0.05) is 0 Å². The molecule has 1 aromatic carbocycles. The van der Waals surface area contributed by atoms with Crippen molar-refractivity contribution in [2.45, 2.75) is 13.0 Å². The fourth-order valence-electron chi connectivity index (χ4n) is 1.19. The van der Waals surface area contributed by atoms with Gasteiger partial charge in [0.05, 0.1) is 23.8 Å². The maximum Gasteiger partial charge on any atom is 0.335 e. The number of hydrogen-bond donors (Lipinski definition) is 2. The van der Waals surface area contributed by atoms with Gasteiger partial charge in [-0.2, -0.15) is 0 Å². The Morgan fingerprint density at radius 3 is 2.65 bits per heavy atom. The molecular weight excluding hydrogens is 248 g/mol. The first kappa shape index (κ1) is 13.6. The number of rotatable bonds is 5. The molecule has 0 aliphatic rings. The maximum absolute atomic E-state index is 10.8. The number of carboxylic acid groups (broad SMARTS) is 1. The van der Waals surface area contributed by atoms with Gasteiger partial charge in [-0.25, -0.2) is 4.79 Å². The van der Waals surface area contributed by atoms with Crippen molar-refractivity contribution in [3.8, 4) is 11.5 Å². The van der Waals surface area contributed by atoms with Crippen LogP contribution in [0.4, 0.5) is 0 Å². The van der Waals surface area contributed by atoms with Crippen LogP contribution >= 0.6 is 11.6 Å². The highest BCUT2D eigenvalue weighted by molar-refractivity contribution is 6.32. The Morgan fingerprint density at radius 2 is 2.18 bits per heavy atom. The first-order valence-corrected chi connectivity index (χ1v) is 5.25. The van der Waals surface area contributed by atoms with Gasteiger partial charge in [0.15, 0.2) is 11.5 Å². The van der Waals surface area contributed by atoms with Gasteiger partial charge in [0.25, 0.3) is 0 Å². The van der Waals surface area contributed by atoms with Gasteiger partial charge in [-0.05, 0) is 19.1 Å². The highest BCUT2D eigenvalue weighted by atomic mass is 35.5. The molecule has 1 atom stereocenters. The number of carbonyl (C=O) groups is 1. The van der Waals surface area contributed by atoms with Gasteiger partial charge < -0.3 is 19.7 Å². The first-order valence-electron chi connectivity index (χ1n) is 4.87. The molecule has 1 aromatic rings. The summed E-state index contributed by atoms with van der Waals surface area (Å²) in [7, 11) is 1.38. The van der Waals surface area contributed by atoms with Crippen LogP contribution in [-0.2, 0) is 0 Å². The van der Waals surface area contributed by atoms with Crippen LogP contribution in [0.5, 0.6) is 11.5 Å². The summed E-state index contributed by atoms with van der Waals surface area (Å²) in [6.45, 7) is 1.61. The predicted octanol–water partition coefficient (Wildman–Crippen LogP) is 1.81. The van der Waals surface area contributed by atoms with Gasteiger partial charge in [-0.1, -0.05) is 11.6 Å². The number of halogens is 1. The molecule has 0 saturated heterocycles. The van der Waals surface area contributed by atoms with Crippen LogP contribution in [0, 0.1) is 0 Å². The van der Waals surface area contributed by atoms with Crippen LogP contribution in [0.3, 0.4) is 0 Å². The van der Waals surface area contributed by atoms with E-state index in [1.807, 2.05) is 0 Å². The Morgan fingerprint density at radius 1 is 1.53 bits per heavy atom. The quantitative estimate of drug-likeness (QED) is 0.844. The number of aliphatic hydroxyl groups excluding tert-OH is 1. The van der Waals surface area contributed by atoms with Crippen LogP contribution in [0.1, 0.15) is 17.3 Å². The van der Waals surface area contributed by atoms with E-state index in [1.54, 1.807) is 6.92 Å². The second-order valence-electron chi connectivity index (χ2n) is 3.45. The highest BCUT2D eigenvalue weighted by Crippen LogP contribution is 2.36. The van der Waals surface area contributed by atoms with E-state index in [1.165, 1.54) is 19.2 Å². The zero-order valence-corrected chi connectivity index (χ0v) is 10.2. The summed E-state index contributed by atoms with van der Waals surface area (Å²) in [6.07, 6.45) is -0.657. The summed E-state index contributed by atoms with van der Waals surface area (Å²) >= 11 is 5.89. The summed E-state index contributed by atoms with van der Waals surface area (Å²) in [5, 5.41) is 18.1. The van der Waals surface area contributed by atoms with Crippen molar-refractivity contribution in [3.05, 3.63) is 22.7 Å². The third-order valence-electron chi connectivity index (χ3n) is 1.95. The molecule has 17 heavy (non-hydrogen) atoms. The normalized spacial score (nSPS) is 12.0. The highest BCUT2D eigenvalue weighted by Gasteiger charge is 2.15. The van der Waals surface area contributed by atoms with E-state index in [-0.39, 0.29) is 28.7 Å². The average Bonchev–Trinajstić information content (AvgIpc) is 2.25. The van der Waals surface area contributed by atoms with E-state index < -0.39 is 12.1 Å². The Hall–Kier alpha value is -1.46. The molecule has 0 amide bonds. The monoisotopic (exact) mass is 260 g/mol. The molecule has 0 fully saturated rings. The maximum atomic E-state index is 10.8. The minimum absolute atomic E-state index is 0.0104. The molecule has 1 unspecified atom stereocenters. The van der Waals surface area contributed by atoms with E-state index in [2.05, 4.69) is 0 Å². The Kier molecular flexibility index (Phi) is 4.60. The zero-order chi connectivity index (χ0) is 13.0. The number of aromatic carboxylic acids is 1. The molecule has 0 aliphatic carbocycles.